The topological polar surface area (TPSA) is 40.5 Å². The molecule has 3 nitrogen and oxygen atoms in total. The Kier molecular flexibility index (Phi) is 3.88. The van der Waals surface area contributed by atoms with E-state index in [4.69, 9.17) is 5.11 Å². The number of anilines is 1. The Hall–Kier alpha value is -1.84. The first-order valence-corrected chi connectivity index (χ1v) is 6.42. The standard InChI is InChI=1S/C15H18FNO2/c1-10(12-4-5-12)17(2)14-8-11(3-6-15(18)19)7-13(16)9-14/h3,6-10,12H,4-5H2,1-2H3,(H,18,19)/b6-3+. The zero-order valence-corrected chi connectivity index (χ0v) is 11.1. The molecule has 0 aliphatic heterocycles. The van der Waals surface area contributed by atoms with Gasteiger partial charge in [-0.15, -0.1) is 0 Å². The Labute approximate surface area is 112 Å². The van der Waals surface area contributed by atoms with Crippen molar-refractivity contribution in [2.24, 2.45) is 5.92 Å². The average molecular weight is 263 g/mol. The maximum absolute atomic E-state index is 13.6. The summed E-state index contributed by atoms with van der Waals surface area (Å²) in [6.45, 7) is 2.13. The molecule has 0 amide bonds. The van der Waals surface area contributed by atoms with Crippen LogP contribution in [0.3, 0.4) is 0 Å². The lowest BCUT2D eigenvalue weighted by Gasteiger charge is -2.27. The molecule has 0 heterocycles. The highest BCUT2D eigenvalue weighted by Crippen LogP contribution is 2.36. The Morgan fingerprint density at radius 3 is 2.74 bits per heavy atom. The summed E-state index contributed by atoms with van der Waals surface area (Å²) in [5.41, 5.74) is 1.34. The molecule has 1 unspecified atom stereocenters. The zero-order chi connectivity index (χ0) is 14.0. The van der Waals surface area contributed by atoms with Crippen LogP contribution >= 0.6 is 0 Å². The lowest BCUT2D eigenvalue weighted by Crippen LogP contribution is -2.30. The second kappa shape index (κ2) is 5.43. The molecule has 102 valence electrons. The number of carboxylic acids is 1. The molecule has 1 aliphatic carbocycles. The van der Waals surface area contributed by atoms with E-state index in [0.29, 0.717) is 17.5 Å². The maximum atomic E-state index is 13.6. The second-order valence-corrected chi connectivity index (χ2v) is 5.10. The lowest BCUT2D eigenvalue weighted by molar-refractivity contribution is -0.131. The van der Waals surface area contributed by atoms with Crippen molar-refractivity contribution >= 4 is 17.7 Å². The molecule has 0 saturated heterocycles. The Morgan fingerprint density at radius 2 is 2.16 bits per heavy atom. The number of hydrogen-bond acceptors (Lipinski definition) is 2. The molecule has 19 heavy (non-hydrogen) atoms. The van der Waals surface area contributed by atoms with Crippen molar-refractivity contribution in [3.63, 3.8) is 0 Å². The molecule has 1 aromatic carbocycles. The van der Waals surface area contributed by atoms with Gasteiger partial charge in [-0.05, 0) is 55.5 Å². The van der Waals surface area contributed by atoms with E-state index in [1.807, 2.05) is 7.05 Å². The van der Waals surface area contributed by atoms with Gasteiger partial charge in [0.05, 0.1) is 0 Å². The molecule has 1 N–H and O–H groups in total. The Bertz CT molecular complexity index is 509. The van der Waals surface area contributed by atoms with Crippen molar-refractivity contribution in [3.05, 3.63) is 35.7 Å². The number of rotatable bonds is 5. The predicted molar refractivity (Wildman–Crippen MR) is 73.7 cm³/mol. The molecule has 1 saturated carbocycles. The van der Waals surface area contributed by atoms with Gasteiger partial charge in [-0.1, -0.05) is 0 Å². The SMILES string of the molecule is CC(C1CC1)N(C)c1cc(F)cc(/C=C/C(=O)O)c1. The highest BCUT2D eigenvalue weighted by Gasteiger charge is 2.30. The number of carbonyl (C=O) groups is 1. The molecule has 1 aromatic rings. The second-order valence-electron chi connectivity index (χ2n) is 5.10. The first-order valence-electron chi connectivity index (χ1n) is 6.42. The smallest absolute Gasteiger partial charge is 0.328 e. The van der Waals surface area contributed by atoms with E-state index < -0.39 is 5.97 Å². The van der Waals surface area contributed by atoms with Crippen molar-refractivity contribution in [2.45, 2.75) is 25.8 Å². The van der Waals surface area contributed by atoms with Crippen LogP contribution in [0.1, 0.15) is 25.3 Å². The summed E-state index contributed by atoms with van der Waals surface area (Å²) in [5.74, 6) is -0.700. The van der Waals surface area contributed by atoms with E-state index in [-0.39, 0.29) is 5.82 Å². The minimum absolute atomic E-state index is 0.350. The van der Waals surface area contributed by atoms with Gasteiger partial charge >= 0.3 is 5.97 Å². The summed E-state index contributed by atoms with van der Waals surface area (Å²) in [6, 6.07) is 5.00. The van der Waals surface area contributed by atoms with Crippen LogP contribution in [0, 0.1) is 11.7 Å². The van der Waals surface area contributed by atoms with E-state index in [0.717, 1.165) is 11.8 Å². The van der Waals surface area contributed by atoms with Gasteiger partial charge in [0.25, 0.3) is 0 Å². The highest BCUT2D eigenvalue weighted by atomic mass is 19.1. The number of benzene rings is 1. The van der Waals surface area contributed by atoms with Crippen LogP contribution in [0.5, 0.6) is 0 Å². The monoisotopic (exact) mass is 263 g/mol. The van der Waals surface area contributed by atoms with Crippen LogP contribution in [0.4, 0.5) is 10.1 Å². The summed E-state index contributed by atoms with van der Waals surface area (Å²) in [7, 11) is 1.95. The number of nitrogens with zero attached hydrogens (tertiary/aromatic N) is 1. The molecular weight excluding hydrogens is 245 g/mol. The van der Waals surface area contributed by atoms with Gasteiger partial charge in [0.15, 0.2) is 0 Å². The maximum Gasteiger partial charge on any atom is 0.328 e. The van der Waals surface area contributed by atoms with Gasteiger partial charge in [0.1, 0.15) is 5.82 Å². The Balaban J connectivity index is 2.22. The molecule has 1 fully saturated rings. The average Bonchev–Trinajstić information content (AvgIpc) is 3.18. The third kappa shape index (κ3) is 3.56. The minimum atomic E-state index is -1.04. The van der Waals surface area contributed by atoms with E-state index in [1.54, 1.807) is 6.07 Å². The number of aliphatic carboxylic acids is 1. The number of hydrogen-bond donors (Lipinski definition) is 1. The van der Waals surface area contributed by atoms with Crippen LogP contribution in [0.25, 0.3) is 6.08 Å². The summed E-state index contributed by atoms with van der Waals surface area (Å²) in [4.78, 5) is 12.5. The van der Waals surface area contributed by atoms with Gasteiger partial charge in [-0.3, -0.25) is 0 Å². The van der Waals surface area contributed by atoms with Crippen molar-refractivity contribution < 1.29 is 14.3 Å². The van der Waals surface area contributed by atoms with Crippen LogP contribution in [0.15, 0.2) is 24.3 Å². The summed E-state index contributed by atoms with van der Waals surface area (Å²) in [6.07, 6.45) is 4.88. The third-order valence-electron chi connectivity index (χ3n) is 3.65. The minimum Gasteiger partial charge on any atom is -0.478 e. The van der Waals surface area contributed by atoms with Gasteiger partial charge in [-0.2, -0.15) is 0 Å². The van der Waals surface area contributed by atoms with Crippen LogP contribution in [0.2, 0.25) is 0 Å². The molecule has 2 rings (SSSR count). The van der Waals surface area contributed by atoms with Crippen LogP contribution in [-0.4, -0.2) is 24.2 Å². The number of carboxylic acid groups (broad SMARTS) is 1. The molecular formula is C15H18FNO2. The van der Waals surface area contributed by atoms with Crippen LogP contribution < -0.4 is 4.90 Å². The van der Waals surface area contributed by atoms with Crippen molar-refractivity contribution in [1.82, 2.24) is 0 Å². The van der Waals surface area contributed by atoms with Crippen molar-refractivity contribution in [3.8, 4) is 0 Å². The van der Waals surface area contributed by atoms with E-state index in [2.05, 4.69) is 11.8 Å². The van der Waals surface area contributed by atoms with E-state index in [1.165, 1.54) is 31.1 Å². The first kappa shape index (κ1) is 13.6. The quantitative estimate of drug-likeness (QED) is 0.830. The molecule has 0 radical (unpaired) electrons. The molecule has 4 heteroatoms. The molecule has 0 spiro atoms. The first-order chi connectivity index (χ1) is 8.97. The fraction of sp³-hybridized carbons (Fsp3) is 0.400. The van der Waals surface area contributed by atoms with Crippen LogP contribution in [-0.2, 0) is 4.79 Å². The summed E-state index contributed by atoms with van der Waals surface area (Å²) < 4.78 is 13.6. The molecule has 0 aromatic heterocycles. The molecule has 0 bridgehead atoms. The summed E-state index contributed by atoms with van der Waals surface area (Å²) in [5, 5.41) is 8.60. The largest absolute Gasteiger partial charge is 0.478 e. The number of halogens is 1. The van der Waals surface area contributed by atoms with Gasteiger partial charge in [0.2, 0.25) is 0 Å². The Morgan fingerprint density at radius 1 is 1.47 bits per heavy atom. The van der Waals surface area contributed by atoms with E-state index >= 15 is 0 Å². The van der Waals surface area contributed by atoms with Crippen molar-refractivity contribution in [1.29, 1.82) is 0 Å². The third-order valence-corrected chi connectivity index (χ3v) is 3.65. The fourth-order valence-corrected chi connectivity index (χ4v) is 2.19. The normalized spacial score (nSPS) is 16.6. The van der Waals surface area contributed by atoms with Gasteiger partial charge in [0, 0.05) is 24.9 Å². The fourth-order valence-electron chi connectivity index (χ4n) is 2.19. The van der Waals surface area contributed by atoms with E-state index in [9.17, 15) is 9.18 Å². The summed E-state index contributed by atoms with van der Waals surface area (Å²) >= 11 is 0. The highest BCUT2D eigenvalue weighted by molar-refractivity contribution is 5.85. The zero-order valence-electron chi connectivity index (χ0n) is 11.1. The molecule has 1 atom stereocenters. The lowest BCUT2D eigenvalue weighted by atomic mass is 10.1. The van der Waals surface area contributed by atoms with Gasteiger partial charge < -0.3 is 10.0 Å². The van der Waals surface area contributed by atoms with Gasteiger partial charge in [-0.25, -0.2) is 9.18 Å². The predicted octanol–water partition coefficient (Wildman–Crippen LogP) is 3.16. The molecule has 1 aliphatic rings. The van der Waals surface area contributed by atoms with Crippen molar-refractivity contribution in [2.75, 3.05) is 11.9 Å².